The zero-order valence-corrected chi connectivity index (χ0v) is 11.9. The highest BCUT2D eigenvalue weighted by molar-refractivity contribution is 6.30. The van der Waals surface area contributed by atoms with Crippen molar-refractivity contribution in [2.75, 3.05) is 13.1 Å². The van der Waals surface area contributed by atoms with Crippen molar-refractivity contribution in [2.45, 2.75) is 32.9 Å². The minimum Gasteiger partial charge on any atom is -0.392 e. The molecular formula is C15H20ClNO. The molecule has 1 N–H and O–H groups in total. The Kier molecular flexibility index (Phi) is 6.21. The number of aliphatic hydroxyl groups excluding tert-OH is 1. The van der Waals surface area contributed by atoms with Gasteiger partial charge in [-0.2, -0.15) is 0 Å². The van der Waals surface area contributed by atoms with E-state index in [2.05, 4.69) is 30.6 Å². The highest BCUT2D eigenvalue weighted by Gasteiger charge is 2.09. The molecule has 1 aromatic rings. The van der Waals surface area contributed by atoms with Gasteiger partial charge in [0.2, 0.25) is 0 Å². The highest BCUT2D eigenvalue weighted by Crippen LogP contribution is 2.08. The molecule has 98 valence electrons. The number of rotatable bonds is 4. The van der Waals surface area contributed by atoms with Gasteiger partial charge >= 0.3 is 0 Å². The van der Waals surface area contributed by atoms with E-state index in [9.17, 15) is 5.11 Å². The minimum atomic E-state index is -0.329. The maximum atomic E-state index is 9.41. The zero-order chi connectivity index (χ0) is 13.5. The Hall–Kier alpha value is -1.01. The van der Waals surface area contributed by atoms with E-state index in [0.717, 1.165) is 10.6 Å². The highest BCUT2D eigenvalue weighted by atomic mass is 35.5. The summed E-state index contributed by atoms with van der Waals surface area (Å²) >= 11 is 5.81. The van der Waals surface area contributed by atoms with E-state index in [1.165, 1.54) is 0 Å². The van der Waals surface area contributed by atoms with Gasteiger partial charge in [-0.15, -0.1) is 0 Å². The lowest BCUT2D eigenvalue weighted by molar-refractivity contribution is 0.117. The van der Waals surface area contributed by atoms with Gasteiger partial charge in [-0.3, -0.25) is 4.90 Å². The summed E-state index contributed by atoms with van der Waals surface area (Å²) in [6.45, 7) is 7.30. The smallest absolute Gasteiger partial charge is 0.0639 e. The number of halogens is 1. The fraction of sp³-hybridized carbons (Fsp3) is 0.467. The first-order valence-electron chi connectivity index (χ1n) is 6.15. The second-order valence-electron chi connectivity index (χ2n) is 4.68. The van der Waals surface area contributed by atoms with E-state index >= 15 is 0 Å². The lowest BCUT2D eigenvalue weighted by Crippen LogP contribution is -2.36. The molecule has 0 radical (unpaired) electrons. The van der Waals surface area contributed by atoms with Crippen molar-refractivity contribution >= 4 is 11.6 Å². The number of nitrogens with zero attached hydrogens (tertiary/aromatic N) is 1. The second kappa shape index (κ2) is 7.43. The van der Waals surface area contributed by atoms with Crippen LogP contribution in [0, 0.1) is 11.8 Å². The third-order valence-electron chi connectivity index (χ3n) is 2.59. The predicted molar refractivity (Wildman–Crippen MR) is 76.7 cm³/mol. The van der Waals surface area contributed by atoms with Gasteiger partial charge in [-0.25, -0.2) is 0 Å². The first kappa shape index (κ1) is 15.0. The Labute approximate surface area is 115 Å². The van der Waals surface area contributed by atoms with E-state index < -0.39 is 0 Å². The maximum Gasteiger partial charge on any atom is 0.0639 e. The van der Waals surface area contributed by atoms with Crippen LogP contribution in [0.5, 0.6) is 0 Å². The molecule has 18 heavy (non-hydrogen) atoms. The third kappa shape index (κ3) is 5.55. The molecule has 0 aliphatic carbocycles. The average molecular weight is 266 g/mol. The monoisotopic (exact) mass is 265 g/mol. The molecule has 0 saturated heterocycles. The number of aliphatic hydroxyl groups is 1. The molecule has 1 unspecified atom stereocenters. The summed E-state index contributed by atoms with van der Waals surface area (Å²) in [4.78, 5) is 2.15. The zero-order valence-electron chi connectivity index (χ0n) is 11.2. The molecule has 0 fully saturated rings. The van der Waals surface area contributed by atoms with Gasteiger partial charge < -0.3 is 5.11 Å². The van der Waals surface area contributed by atoms with E-state index in [1.807, 2.05) is 24.3 Å². The van der Waals surface area contributed by atoms with Crippen LogP contribution in [0.4, 0.5) is 0 Å². The fourth-order valence-corrected chi connectivity index (χ4v) is 1.70. The number of hydrogen-bond acceptors (Lipinski definition) is 2. The van der Waals surface area contributed by atoms with Crippen LogP contribution in [0.2, 0.25) is 5.02 Å². The van der Waals surface area contributed by atoms with Gasteiger partial charge in [0.05, 0.1) is 12.6 Å². The summed E-state index contributed by atoms with van der Waals surface area (Å²) in [6.07, 6.45) is -0.329. The fourth-order valence-electron chi connectivity index (χ4n) is 1.57. The van der Waals surface area contributed by atoms with Gasteiger partial charge in [-0.05, 0) is 45.0 Å². The first-order valence-corrected chi connectivity index (χ1v) is 6.53. The van der Waals surface area contributed by atoms with Crippen LogP contribution in [-0.2, 0) is 0 Å². The molecule has 0 aliphatic rings. The molecule has 0 amide bonds. The number of hydrogen-bond donors (Lipinski definition) is 1. The summed E-state index contributed by atoms with van der Waals surface area (Å²) in [5, 5.41) is 10.1. The summed E-state index contributed by atoms with van der Waals surface area (Å²) in [5.41, 5.74) is 0.958. The Morgan fingerprint density at radius 1 is 1.22 bits per heavy atom. The normalized spacial score (nSPS) is 12.4. The van der Waals surface area contributed by atoms with Crippen molar-refractivity contribution < 1.29 is 5.11 Å². The molecule has 0 heterocycles. The molecule has 1 rings (SSSR count). The van der Waals surface area contributed by atoms with Crippen molar-refractivity contribution in [3.05, 3.63) is 34.9 Å². The largest absolute Gasteiger partial charge is 0.392 e. The predicted octanol–water partition coefficient (Wildman–Crippen LogP) is 2.78. The lowest BCUT2D eigenvalue weighted by Gasteiger charge is -2.25. The summed E-state index contributed by atoms with van der Waals surface area (Å²) in [5.74, 6) is 6.23. The Morgan fingerprint density at radius 2 is 1.83 bits per heavy atom. The molecular weight excluding hydrogens is 246 g/mol. The van der Waals surface area contributed by atoms with Gasteiger partial charge in [0.25, 0.3) is 0 Å². The van der Waals surface area contributed by atoms with E-state index in [-0.39, 0.29) is 6.10 Å². The molecule has 1 atom stereocenters. The average Bonchev–Trinajstić information content (AvgIpc) is 2.29. The molecule has 0 saturated carbocycles. The lowest BCUT2D eigenvalue weighted by atomic mass is 10.2. The SMILES string of the molecule is CC(O)CN(CC#Cc1ccc(Cl)cc1)C(C)C. The molecule has 0 bridgehead atoms. The van der Waals surface area contributed by atoms with E-state index in [0.29, 0.717) is 19.1 Å². The standard InChI is InChI=1S/C15H20ClNO/c1-12(2)17(11-13(3)18)10-4-5-14-6-8-15(16)9-7-14/h6-9,12-13,18H,10-11H2,1-3H3. The van der Waals surface area contributed by atoms with Gasteiger partial charge in [0.15, 0.2) is 0 Å². The van der Waals surface area contributed by atoms with Crippen LogP contribution >= 0.6 is 11.6 Å². The van der Waals surface area contributed by atoms with Crippen LogP contribution in [-0.4, -0.2) is 35.2 Å². The summed E-state index contributed by atoms with van der Waals surface area (Å²) < 4.78 is 0. The molecule has 0 aliphatic heterocycles. The quantitative estimate of drug-likeness (QED) is 0.847. The molecule has 1 aromatic carbocycles. The summed E-state index contributed by atoms with van der Waals surface area (Å²) in [6, 6.07) is 7.86. The molecule has 0 aromatic heterocycles. The minimum absolute atomic E-state index is 0.329. The van der Waals surface area contributed by atoms with Crippen molar-refractivity contribution in [1.29, 1.82) is 0 Å². The van der Waals surface area contributed by atoms with Crippen molar-refractivity contribution in [3.63, 3.8) is 0 Å². The van der Waals surface area contributed by atoms with Crippen LogP contribution in [0.25, 0.3) is 0 Å². The van der Waals surface area contributed by atoms with Crippen molar-refractivity contribution in [2.24, 2.45) is 0 Å². The first-order chi connectivity index (χ1) is 8.49. The van der Waals surface area contributed by atoms with Crippen LogP contribution in [0.3, 0.4) is 0 Å². The van der Waals surface area contributed by atoms with E-state index in [1.54, 1.807) is 6.92 Å². The molecule has 0 spiro atoms. The van der Waals surface area contributed by atoms with Gasteiger partial charge in [0.1, 0.15) is 0 Å². The van der Waals surface area contributed by atoms with Crippen molar-refractivity contribution in [1.82, 2.24) is 4.90 Å². The van der Waals surface area contributed by atoms with Crippen LogP contribution in [0.15, 0.2) is 24.3 Å². The van der Waals surface area contributed by atoms with E-state index in [4.69, 9.17) is 11.6 Å². The van der Waals surface area contributed by atoms with Gasteiger partial charge in [-0.1, -0.05) is 23.4 Å². The Bertz CT molecular complexity index is 414. The topological polar surface area (TPSA) is 23.5 Å². The third-order valence-corrected chi connectivity index (χ3v) is 2.84. The maximum absolute atomic E-state index is 9.41. The van der Waals surface area contributed by atoms with Crippen LogP contribution < -0.4 is 0 Å². The molecule has 3 heteroatoms. The Morgan fingerprint density at radius 3 is 2.33 bits per heavy atom. The number of benzene rings is 1. The van der Waals surface area contributed by atoms with Crippen LogP contribution in [0.1, 0.15) is 26.3 Å². The molecule has 2 nitrogen and oxygen atoms in total. The Balaban J connectivity index is 2.59. The van der Waals surface area contributed by atoms with Gasteiger partial charge in [0, 0.05) is 23.2 Å². The summed E-state index contributed by atoms with van der Waals surface area (Å²) in [7, 11) is 0. The second-order valence-corrected chi connectivity index (χ2v) is 5.12. The van der Waals surface area contributed by atoms with Crippen molar-refractivity contribution in [3.8, 4) is 11.8 Å².